The molecule has 21 heavy (non-hydrogen) atoms. The standard InChI is InChI=1S/C17H13BrN2O/c18-17-19-11-10-15(20-17)14-8-4-5-9-16(14)21-12-13-6-2-1-3-7-13/h1-11H,12H2. The normalized spacial score (nSPS) is 10.3. The highest BCUT2D eigenvalue weighted by molar-refractivity contribution is 9.10. The van der Waals surface area contributed by atoms with Crippen LogP contribution in [0.4, 0.5) is 0 Å². The van der Waals surface area contributed by atoms with Crippen molar-refractivity contribution in [3.05, 3.63) is 77.2 Å². The fourth-order valence-corrected chi connectivity index (χ4v) is 2.33. The second kappa shape index (κ2) is 6.50. The quantitative estimate of drug-likeness (QED) is 0.656. The van der Waals surface area contributed by atoms with Crippen LogP contribution in [0.5, 0.6) is 5.75 Å². The van der Waals surface area contributed by atoms with Gasteiger partial charge in [0.15, 0.2) is 4.73 Å². The summed E-state index contributed by atoms with van der Waals surface area (Å²) in [4.78, 5) is 8.44. The lowest BCUT2D eigenvalue weighted by Gasteiger charge is -2.11. The highest BCUT2D eigenvalue weighted by Crippen LogP contribution is 2.29. The van der Waals surface area contributed by atoms with Gasteiger partial charge in [-0.05, 0) is 39.7 Å². The zero-order chi connectivity index (χ0) is 14.5. The predicted molar refractivity (Wildman–Crippen MR) is 85.9 cm³/mol. The third-order valence-electron chi connectivity index (χ3n) is 3.03. The lowest BCUT2D eigenvalue weighted by molar-refractivity contribution is 0.307. The van der Waals surface area contributed by atoms with Crippen LogP contribution in [0.15, 0.2) is 71.6 Å². The van der Waals surface area contributed by atoms with Gasteiger partial charge in [0, 0.05) is 11.8 Å². The molecular formula is C17H13BrN2O. The van der Waals surface area contributed by atoms with Crippen molar-refractivity contribution < 1.29 is 4.74 Å². The van der Waals surface area contributed by atoms with E-state index in [0.29, 0.717) is 11.3 Å². The molecular weight excluding hydrogens is 328 g/mol. The molecule has 0 radical (unpaired) electrons. The Morgan fingerprint density at radius 2 is 1.67 bits per heavy atom. The Balaban J connectivity index is 1.86. The van der Waals surface area contributed by atoms with E-state index < -0.39 is 0 Å². The van der Waals surface area contributed by atoms with E-state index in [4.69, 9.17) is 4.74 Å². The number of ether oxygens (including phenoxy) is 1. The van der Waals surface area contributed by atoms with Gasteiger partial charge in [-0.2, -0.15) is 0 Å². The van der Waals surface area contributed by atoms with Gasteiger partial charge in [-0.25, -0.2) is 9.97 Å². The Morgan fingerprint density at radius 1 is 0.905 bits per heavy atom. The summed E-state index contributed by atoms with van der Waals surface area (Å²) < 4.78 is 6.51. The SMILES string of the molecule is Brc1nccc(-c2ccccc2OCc2ccccc2)n1. The van der Waals surface area contributed by atoms with Crippen LogP contribution in [-0.4, -0.2) is 9.97 Å². The monoisotopic (exact) mass is 340 g/mol. The molecule has 0 aliphatic heterocycles. The molecule has 1 aromatic heterocycles. The summed E-state index contributed by atoms with van der Waals surface area (Å²) in [6, 6.07) is 19.8. The first kappa shape index (κ1) is 13.8. The molecule has 0 bridgehead atoms. The lowest BCUT2D eigenvalue weighted by Crippen LogP contribution is -1.97. The van der Waals surface area contributed by atoms with E-state index in [1.165, 1.54) is 0 Å². The van der Waals surface area contributed by atoms with Gasteiger partial charge >= 0.3 is 0 Å². The second-order valence-electron chi connectivity index (χ2n) is 4.48. The summed E-state index contributed by atoms with van der Waals surface area (Å²) in [5, 5.41) is 0. The van der Waals surface area contributed by atoms with Crippen molar-refractivity contribution in [3.8, 4) is 17.0 Å². The van der Waals surface area contributed by atoms with Crippen molar-refractivity contribution in [1.82, 2.24) is 9.97 Å². The zero-order valence-corrected chi connectivity index (χ0v) is 12.8. The Morgan fingerprint density at radius 3 is 2.48 bits per heavy atom. The van der Waals surface area contributed by atoms with E-state index in [2.05, 4.69) is 25.9 Å². The second-order valence-corrected chi connectivity index (χ2v) is 5.19. The van der Waals surface area contributed by atoms with Crippen LogP contribution in [0.25, 0.3) is 11.3 Å². The Bertz CT molecular complexity index is 732. The maximum Gasteiger partial charge on any atom is 0.197 e. The number of halogens is 1. The Labute approximate surface area is 131 Å². The molecule has 0 saturated carbocycles. The average molecular weight is 341 g/mol. The van der Waals surface area contributed by atoms with Gasteiger partial charge in [-0.3, -0.25) is 0 Å². The van der Waals surface area contributed by atoms with Crippen LogP contribution < -0.4 is 4.74 Å². The Kier molecular flexibility index (Phi) is 4.26. The van der Waals surface area contributed by atoms with Crippen LogP contribution in [0.2, 0.25) is 0 Å². The summed E-state index contributed by atoms with van der Waals surface area (Å²) in [5.41, 5.74) is 2.92. The molecule has 3 nitrogen and oxygen atoms in total. The molecule has 0 aliphatic rings. The summed E-state index contributed by atoms with van der Waals surface area (Å²) in [7, 11) is 0. The van der Waals surface area contributed by atoms with Crippen molar-refractivity contribution in [2.24, 2.45) is 0 Å². The van der Waals surface area contributed by atoms with E-state index in [1.807, 2.05) is 60.7 Å². The molecule has 0 unspecified atom stereocenters. The first-order valence-electron chi connectivity index (χ1n) is 6.57. The molecule has 2 aromatic carbocycles. The molecule has 4 heteroatoms. The summed E-state index contributed by atoms with van der Waals surface area (Å²) in [6.07, 6.45) is 1.72. The number of rotatable bonds is 4. The minimum Gasteiger partial charge on any atom is -0.488 e. The van der Waals surface area contributed by atoms with Crippen LogP contribution in [0, 0.1) is 0 Å². The first-order valence-corrected chi connectivity index (χ1v) is 7.37. The van der Waals surface area contributed by atoms with Crippen LogP contribution >= 0.6 is 15.9 Å². The number of hydrogen-bond acceptors (Lipinski definition) is 3. The number of aromatic nitrogens is 2. The number of hydrogen-bond donors (Lipinski definition) is 0. The molecule has 1 heterocycles. The average Bonchev–Trinajstić information content (AvgIpc) is 2.54. The van der Waals surface area contributed by atoms with E-state index in [1.54, 1.807) is 6.20 Å². The molecule has 0 amide bonds. The van der Waals surface area contributed by atoms with Crippen molar-refractivity contribution >= 4 is 15.9 Å². The van der Waals surface area contributed by atoms with E-state index in [-0.39, 0.29) is 0 Å². The van der Waals surface area contributed by atoms with Gasteiger partial charge in [-0.1, -0.05) is 42.5 Å². The highest BCUT2D eigenvalue weighted by Gasteiger charge is 2.08. The topological polar surface area (TPSA) is 35.0 Å². The molecule has 0 fully saturated rings. The molecule has 0 saturated heterocycles. The van der Waals surface area contributed by atoms with Crippen LogP contribution in [-0.2, 0) is 6.61 Å². The molecule has 3 aromatic rings. The van der Waals surface area contributed by atoms with Gasteiger partial charge in [-0.15, -0.1) is 0 Å². The van der Waals surface area contributed by atoms with Crippen molar-refractivity contribution in [1.29, 1.82) is 0 Å². The minimum atomic E-state index is 0.532. The van der Waals surface area contributed by atoms with Crippen LogP contribution in [0.3, 0.4) is 0 Å². The lowest BCUT2D eigenvalue weighted by atomic mass is 10.1. The summed E-state index contributed by atoms with van der Waals surface area (Å²) >= 11 is 3.30. The van der Waals surface area contributed by atoms with E-state index in [9.17, 15) is 0 Å². The fraction of sp³-hybridized carbons (Fsp3) is 0.0588. The van der Waals surface area contributed by atoms with Gasteiger partial charge in [0.25, 0.3) is 0 Å². The number of para-hydroxylation sites is 1. The largest absolute Gasteiger partial charge is 0.488 e. The van der Waals surface area contributed by atoms with Crippen molar-refractivity contribution in [2.45, 2.75) is 6.61 Å². The predicted octanol–water partition coefficient (Wildman–Crippen LogP) is 4.49. The minimum absolute atomic E-state index is 0.532. The van der Waals surface area contributed by atoms with Gasteiger partial charge in [0.1, 0.15) is 12.4 Å². The van der Waals surface area contributed by atoms with Crippen molar-refractivity contribution in [3.63, 3.8) is 0 Å². The van der Waals surface area contributed by atoms with Gasteiger partial charge in [0.2, 0.25) is 0 Å². The fourth-order valence-electron chi connectivity index (χ4n) is 2.02. The molecule has 0 atom stereocenters. The number of benzene rings is 2. The molecule has 0 aliphatic carbocycles. The maximum atomic E-state index is 5.94. The third kappa shape index (κ3) is 3.47. The summed E-state index contributed by atoms with van der Waals surface area (Å²) in [6.45, 7) is 0.532. The smallest absolute Gasteiger partial charge is 0.197 e. The third-order valence-corrected chi connectivity index (χ3v) is 3.41. The molecule has 3 rings (SSSR count). The Hall–Kier alpha value is -2.20. The van der Waals surface area contributed by atoms with E-state index >= 15 is 0 Å². The maximum absolute atomic E-state index is 5.94. The van der Waals surface area contributed by atoms with Crippen LogP contribution in [0.1, 0.15) is 5.56 Å². The van der Waals surface area contributed by atoms with Gasteiger partial charge < -0.3 is 4.74 Å². The van der Waals surface area contributed by atoms with E-state index in [0.717, 1.165) is 22.6 Å². The molecule has 104 valence electrons. The molecule has 0 spiro atoms. The first-order chi connectivity index (χ1) is 10.3. The number of nitrogens with zero attached hydrogens (tertiary/aromatic N) is 2. The van der Waals surface area contributed by atoms with Gasteiger partial charge in [0.05, 0.1) is 5.69 Å². The highest BCUT2D eigenvalue weighted by atomic mass is 79.9. The van der Waals surface area contributed by atoms with Crippen molar-refractivity contribution in [2.75, 3.05) is 0 Å². The summed E-state index contributed by atoms with van der Waals surface area (Å²) in [5.74, 6) is 0.812. The molecule has 0 N–H and O–H groups in total. The zero-order valence-electron chi connectivity index (χ0n) is 11.2.